The minimum atomic E-state index is 0.470. The molecule has 0 unspecified atom stereocenters. The lowest BCUT2D eigenvalue weighted by Gasteiger charge is -2.31. The Balaban J connectivity index is 2.18. The van der Waals surface area contributed by atoms with E-state index in [4.69, 9.17) is 0 Å². The molecule has 0 heterocycles. The fraction of sp³-hybridized carbons (Fsp3) is 0.625. The smallest absolute Gasteiger partial charge is 0.00163 e. The van der Waals surface area contributed by atoms with Gasteiger partial charge in [0.1, 0.15) is 0 Å². The molecule has 1 heteroatoms. The van der Waals surface area contributed by atoms with Crippen LogP contribution in [-0.4, -0.2) is 25.5 Å². The van der Waals surface area contributed by atoms with Crippen molar-refractivity contribution in [3.63, 3.8) is 0 Å². The highest BCUT2D eigenvalue weighted by atomic mass is 15.0. The van der Waals surface area contributed by atoms with Crippen LogP contribution in [0.15, 0.2) is 24.3 Å². The van der Waals surface area contributed by atoms with Crippen molar-refractivity contribution < 1.29 is 0 Å². The fourth-order valence-corrected chi connectivity index (χ4v) is 3.08. The summed E-state index contributed by atoms with van der Waals surface area (Å²) in [6, 6.07) is 9.25. The Morgan fingerprint density at radius 3 is 2.18 bits per heavy atom. The molecule has 1 aliphatic carbocycles. The van der Waals surface area contributed by atoms with Crippen molar-refractivity contribution in [2.24, 2.45) is 0 Å². The largest absolute Gasteiger partial charge is 0.309 e. The molecule has 1 nitrogen and oxygen atoms in total. The number of hydrogen-bond donors (Lipinski definition) is 0. The van der Waals surface area contributed by atoms with Crippen LogP contribution in [0.2, 0.25) is 0 Å². The predicted octanol–water partition coefficient (Wildman–Crippen LogP) is 3.76. The van der Waals surface area contributed by atoms with Crippen molar-refractivity contribution in [3.8, 4) is 0 Å². The molecule has 0 saturated heterocycles. The molecule has 0 aliphatic heterocycles. The third kappa shape index (κ3) is 2.90. The predicted molar refractivity (Wildman–Crippen MR) is 74.5 cm³/mol. The minimum absolute atomic E-state index is 0.470. The molecule has 1 aromatic carbocycles. The highest BCUT2D eigenvalue weighted by molar-refractivity contribution is 5.29. The third-order valence-electron chi connectivity index (χ3n) is 4.26. The van der Waals surface area contributed by atoms with Gasteiger partial charge >= 0.3 is 0 Å². The summed E-state index contributed by atoms with van der Waals surface area (Å²) in [5.41, 5.74) is 3.41. The number of nitrogens with zero attached hydrogens (tertiary/aromatic N) is 1. The summed E-state index contributed by atoms with van der Waals surface area (Å²) < 4.78 is 0. The number of rotatable bonds is 4. The van der Waals surface area contributed by atoms with Gasteiger partial charge in [-0.1, -0.05) is 42.7 Å². The zero-order chi connectivity index (χ0) is 12.3. The molecule has 0 radical (unpaired) electrons. The first-order valence-corrected chi connectivity index (χ1v) is 6.84. The van der Waals surface area contributed by atoms with E-state index >= 15 is 0 Å². The van der Waals surface area contributed by atoms with Gasteiger partial charge in [-0.3, -0.25) is 0 Å². The van der Waals surface area contributed by atoms with Gasteiger partial charge < -0.3 is 4.90 Å². The normalized spacial score (nSPS) is 18.8. The summed E-state index contributed by atoms with van der Waals surface area (Å²) in [6.45, 7) is 3.37. The quantitative estimate of drug-likeness (QED) is 0.762. The SMILES string of the molecule is Cc1ccc(C2(CCN(C)C)CCCC2)cc1. The maximum absolute atomic E-state index is 2.36. The van der Waals surface area contributed by atoms with Crippen LogP contribution in [0, 0.1) is 6.92 Å². The van der Waals surface area contributed by atoms with Crippen LogP contribution in [0.1, 0.15) is 43.2 Å². The zero-order valence-corrected chi connectivity index (χ0v) is 11.5. The molecule has 0 amide bonds. The molecule has 1 saturated carbocycles. The maximum atomic E-state index is 2.36. The molecule has 0 aromatic heterocycles. The molecule has 0 N–H and O–H groups in total. The molecule has 94 valence electrons. The first kappa shape index (κ1) is 12.6. The number of hydrogen-bond acceptors (Lipinski definition) is 1. The average molecular weight is 231 g/mol. The molecule has 17 heavy (non-hydrogen) atoms. The van der Waals surface area contributed by atoms with Gasteiger partial charge in [-0.05, 0) is 57.8 Å². The summed E-state index contributed by atoms with van der Waals surface area (Å²) in [6.07, 6.45) is 6.87. The average Bonchev–Trinajstić information content (AvgIpc) is 2.77. The van der Waals surface area contributed by atoms with E-state index in [2.05, 4.69) is 50.2 Å². The number of aryl methyl sites for hydroxylation is 1. The summed E-state index contributed by atoms with van der Waals surface area (Å²) in [5.74, 6) is 0. The maximum Gasteiger partial charge on any atom is -0.00163 e. The van der Waals surface area contributed by atoms with E-state index in [0.29, 0.717) is 5.41 Å². The van der Waals surface area contributed by atoms with Crippen molar-refractivity contribution in [3.05, 3.63) is 35.4 Å². The van der Waals surface area contributed by atoms with Gasteiger partial charge in [0, 0.05) is 0 Å². The van der Waals surface area contributed by atoms with Crippen LogP contribution in [0.5, 0.6) is 0 Å². The summed E-state index contributed by atoms with van der Waals surface area (Å²) >= 11 is 0. The van der Waals surface area contributed by atoms with E-state index < -0.39 is 0 Å². The topological polar surface area (TPSA) is 3.24 Å². The monoisotopic (exact) mass is 231 g/mol. The van der Waals surface area contributed by atoms with Crippen LogP contribution in [0.4, 0.5) is 0 Å². The van der Waals surface area contributed by atoms with Gasteiger partial charge in [-0.2, -0.15) is 0 Å². The van der Waals surface area contributed by atoms with Crippen molar-refractivity contribution in [2.45, 2.75) is 44.4 Å². The highest BCUT2D eigenvalue weighted by Gasteiger charge is 2.34. The molecule has 1 fully saturated rings. The van der Waals surface area contributed by atoms with Crippen molar-refractivity contribution >= 4 is 0 Å². The Hall–Kier alpha value is -0.820. The van der Waals surface area contributed by atoms with Gasteiger partial charge in [0.15, 0.2) is 0 Å². The van der Waals surface area contributed by atoms with Gasteiger partial charge in [0.05, 0.1) is 0 Å². The first-order valence-electron chi connectivity index (χ1n) is 6.84. The fourth-order valence-electron chi connectivity index (χ4n) is 3.08. The van der Waals surface area contributed by atoms with Gasteiger partial charge in [-0.15, -0.1) is 0 Å². The molecule has 1 aliphatic rings. The van der Waals surface area contributed by atoms with E-state index in [-0.39, 0.29) is 0 Å². The van der Waals surface area contributed by atoms with Crippen LogP contribution >= 0.6 is 0 Å². The Morgan fingerprint density at radius 2 is 1.65 bits per heavy atom. The van der Waals surface area contributed by atoms with Crippen LogP contribution in [0.25, 0.3) is 0 Å². The lowest BCUT2D eigenvalue weighted by Crippen LogP contribution is -2.28. The second kappa shape index (κ2) is 5.22. The van der Waals surface area contributed by atoms with Crippen LogP contribution in [-0.2, 0) is 5.41 Å². The Morgan fingerprint density at radius 1 is 1.06 bits per heavy atom. The lowest BCUT2D eigenvalue weighted by atomic mass is 9.76. The van der Waals surface area contributed by atoms with Gasteiger partial charge in [0.2, 0.25) is 0 Å². The molecule has 2 rings (SSSR count). The Kier molecular flexibility index (Phi) is 3.88. The van der Waals surface area contributed by atoms with Gasteiger partial charge in [0.25, 0.3) is 0 Å². The zero-order valence-electron chi connectivity index (χ0n) is 11.5. The molecular formula is C16H25N. The second-order valence-electron chi connectivity index (χ2n) is 5.91. The van der Waals surface area contributed by atoms with E-state index in [9.17, 15) is 0 Å². The van der Waals surface area contributed by atoms with E-state index in [0.717, 1.165) is 0 Å². The molecule has 0 atom stereocenters. The van der Waals surface area contributed by atoms with Crippen molar-refractivity contribution in [2.75, 3.05) is 20.6 Å². The minimum Gasteiger partial charge on any atom is -0.309 e. The molecular weight excluding hydrogens is 206 g/mol. The van der Waals surface area contributed by atoms with Crippen LogP contribution in [0.3, 0.4) is 0 Å². The van der Waals surface area contributed by atoms with Crippen molar-refractivity contribution in [1.82, 2.24) is 4.90 Å². The highest BCUT2D eigenvalue weighted by Crippen LogP contribution is 2.43. The Bertz CT molecular complexity index is 344. The van der Waals surface area contributed by atoms with E-state index in [1.54, 1.807) is 5.56 Å². The molecule has 1 aromatic rings. The van der Waals surface area contributed by atoms with Crippen molar-refractivity contribution in [1.29, 1.82) is 0 Å². The molecule has 0 spiro atoms. The second-order valence-corrected chi connectivity index (χ2v) is 5.91. The summed E-state index contributed by atoms with van der Waals surface area (Å²) in [4.78, 5) is 2.31. The van der Waals surface area contributed by atoms with Gasteiger partial charge in [-0.25, -0.2) is 0 Å². The number of benzene rings is 1. The van der Waals surface area contributed by atoms with E-state index in [1.807, 2.05) is 0 Å². The summed E-state index contributed by atoms with van der Waals surface area (Å²) in [7, 11) is 4.36. The molecule has 0 bridgehead atoms. The third-order valence-corrected chi connectivity index (χ3v) is 4.26. The standard InChI is InChI=1S/C16H25N/c1-14-6-8-15(9-7-14)16(10-4-5-11-16)12-13-17(2)3/h6-9H,4-5,10-13H2,1-3H3. The summed E-state index contributed by atoms with van der Waals surface area (Å²) in [5, 5.41) is 0. The Labute approximate surface area is 106 Å². The first-order chi connectivity index (χ1) is 8.12. The van der Waals surface area contributed by atoms with Crippen LogP contribution < -0.4 is 0 Å². The van der Waals surface area contributed by atoms with E-state index in [1.165, 1.54) is 44.2 Å². The lowest BCUT2D eigenvalue weighted by molar-refractivity contribution is 0.315.